The molecule has 3 rings (SSSR count). The number of aromatic hydroxyl groups is 3. The molecule has 0 amide bonds. The van der Waals surface area contributed by atoms with Gasteiger partial charge in [-0.3, -0.25) is 4.79 Å². The number of fused-ring (bicyclic) bond motifs is 1. The van der Waals surface area contributed by atoms with Crippen LogP contribution >= 0.6 is 0 Å². The van der Waals surface area contributed by atoms with Crippen molar-refractivity contribution < 1.29 is 24.8 Å². The van der Waals surface area contributed by atoms with Crippen molar-refractivity contribution >= 4 is 16.5 Å². The molecule has 6 nitrogen and oxygen atoms in total. The summed E-state index contributed by atoms with van der Waals surface area (Å²) in [6, 6.07) is 2.18. The van der Waals surface area contributed by atoms with Crippen LogP contribution in [0.25, 0.3) is 16.5 Å². The van der Waals surface area contributed by atoms with E-state index in [4.69, 9.17) is 4.42 Å². The van der Waals surface area contributed by atoms with E-state index in [1.807, 2.05) is 0 Å². The van der Waals surface area contributed by atoms with Crippen LogP contribution in [0.1, 0.15) is 12.2 Å². The molecule has 0 spiro atoms. The van der Waals surface area contributed by atoms with Gasteiger partial charge in [-0.25, -0.2) is 0 Å². The van der Waals surface area contributed by atoms with Gasteiger partial charge in [-0.05, 0) is 6.42 Å². The molecular weight excluding hydrogens is 276 g/mol. The maximum atomic E-state index is 12.1. The SMILES string of the molecule is O=c1c(O)c(C2=CCC(O)C=C2)oc2cc(O)cc(O)c12. The quantitative estimate of drug-likeness (QED) is 0.634. The number of allylic oxidation sites excluding steroid dienone is 2. The zero-order chi connectivity index (χ0) is 15.1. The van der Waals surface area contributed by atoms with Crippen molar-refractivity contribution in [2.24, 2.45) is 0 Å². The van der Waals surface area contributed by atoms with E-state index in [1.165, 1.54) is 18.2 Å². The molecule has 0 saturated heterocycles. The Morgan fingerprint density at radius 2 is 1.95 bits per heavy atom. The lowest BCUT2D eigenvalue weighted by atomic mass is 10.0. The van der Waals surface area contributed by atoms with Gasteiger partial charge in [-0.1, -0.05) is 18.2 Å². The van der Waals surface area contributed by atoms with E-state index in [2.05, 4.69) is 0 Å². The summed E-state index contributed by atoms with van der Waals surface area (Å²) in [6.07, 6.45) is 4.38. The van der Waals surface area contributed by atoms with Gasteiger partial charge in [0.25, 0.3) is 0 Å². The predicted octanol–water partition coefficient (Wildman–Crippen LogP) is 1.61. The van der Waals surface area contributed by atoms with Gasteiger partial charge in [0.15, 0.2) is 5.76 Å². The second kappa shape index (κ2) is 4.68. The maximum Gasteiger partial charge on any atom is 0.238 e. The summed E-state index contributed by atoms with van der Waals surface area (Å²) in [5.41, 5.74) is -0.380. The molecule has 1 unspecified atom stereocenters. The highest BCUT2D eigenvalue weighted by Gasteiger charge is 2.20. The summed E-state index contributed by atoms with van der Waals surface area (Å²) in [4.78, 5) is 12.1. The number of benzene rings is 1. The Bertz CT molecular complexity index is 843. The van der Waals surface area contributed by atoms with Gasteiger partial charge in [0, 0.05) is 17.7 Å². The number of aliphatic hydroxyl groups excluding tert-OH is 1. The zero-order valence-corrected chi connectivity index (χ0v) is 10.8. The smallest absolute Gasteiger partial charge is 0.238 e. The lowest BCUT2D eigenvalue weighted by Gasteiger charge is -2.12. The lowest BCUT2D eigenvalue weighted by molar-refractivity contribution is 0.226. The van der Waals surface area contributed by atoms with E-state index in [0.717, 1.165) is 6.07 Å². The Morgan fingerprint density at radius 1 is 1.19 bits per heavy atom. The number of hydrogen-bond donors (Lipinski definition) is 4. The van der Waals surface area contributed by atoms with Gasteiger partial charge in [0.05, 0.1) is 6.10 Å². The minimum absolute atomic E-state index is 0.0364. The molecule has 108 valence electrons. The van der Waals surface area contributed by atoms with Gasteiger partial charge in [-0.2, -0.15) is 0 Å². The molecule has 0 fully saturated rings. The third-order valence-corrected chi connectivity index (χ3v) is 3.27. The van der Waals surface area contributed by atoms with Gasteiger partial charge >= 0.3 is 0 Å². The fourth-order valence-corrected chi connectivity index (χ4v) is 2.25. The highest BCUT2D eigenvalue weighted by atomic mass is 16.4. The Balaban J connectivity index is 2.29. The van der Waals surface area contributed by atoms with E-state index in [1.54, 1.807) is 6.08 Å². The van der Waals surface area contributed by atoms with Crippen LogP contribution in [0.3, 0.4) is 0 Å². The predicted molar refractivity (Wildman–Crippen MR) is 75.2 cm³/mol. The van der Waals surface area contributed by atoms with Crippen LogP contribution in [0.15, 0.2) is 39.6 Å². The normalized spacial score (nSPS) is 18.0. The number of phenols is 2. The van der Waals surface area contributed by atoms with E-state index < -0.39 is 23.0 Å². The molecule has 1 atom stereocenters. The summed E-state index contributed by atoms with van der Waals surface area (Å²) >= 11 is 0. The van der Waals surface area contributed by atoms with Crippen LogP contribution in [0, 0.1) is 0 Å². The average Bonchev–Trinajstić information content (AvgIpc) is 2.43. The molecule has 1 aliphatic rings. The van der Waals surface area contributed by atoms with Crippen LogP contribution in [-0.2, 0) is 0 Å². The first kappa shape index (κ1) is 13.3. The summed E-state index contributed by atoms with van der Waals surface area (Å²) in [6.45, 7) is 0. The first-order valence-corrected chi connectivity index (χ1v) is 6.26. The number of phenolic OH excluding ortho intramolecular Hbond substituents is 2. The Hall–Kier alpha value is -2.73. The largest absolute Gasteiger partial charge is 0.508 e. The summed E-state index contributed by atoms with van der Waals surface area (Å²) in [5.74, 6) is -1.43. The van der Waals surface area contributed by atoms with Gasteiger partial charge < -0.3 is 24.8 Å². The Kier molecular flexibility index (Phi) is 2.95. The van der Waals surface area contributed by atoms with Gasteiger partial charge in [0.1, 0.15) is 22.5 Å². The van der Waals surface area contributed by atoms with E-state index in [9.17, 15) is 25.2 Å². The molecule has 0 radical (unpaired) electrons. The molecule has 21 heavy (non-hydrogen) atoms. The minimum Gasteiger partial charge on any atom is -0.508 e. The van der Waals surface area contributed by atoms with E-state index in [-0.39, 0.29) is 22.5 Å². The van der Waals surface area contributed by atoms with Crippen LogP contribution in [0.2, 0.25) is 0 Å². The van der Waals surface area contributed by atoms with Crippen molar-refractivity contribution in [1.29, 1.82) is 0 Å². The fraction of sp³-hybridized carbons (Fsp3) is 0.133. The minimum atomic E-state index is -0.788. The third kappa shape index (κ3) is 2.15. The van der Waals surface area contributed by atoms with Crippen LogP contribution in [0.5, 0.6) is 17.2 Å². The van der Waals surface area contributed by atoms with Crippen molar-refractivity contribution in [3.63, 3.8) is 0 Å². The van der Waals surface area contributed by atoms with Crippen molar-refractivity contribution in [2.75, 3.05) is 0 Å². The van der Waals surface area contributed by atoms with E-state index >= 15 is 0 Å². The van der Waals surface area contributed by atoms with Crippen molar-refractivity contribution in [3.8, 4) is 17.2 Å². The Morgan fingerprint density at radius 3 is 2.62 bits per heavy atom. The van der Waals surface area contributed by atoms with Gasteiger partial charge in [0.2, 0.25) is 11.2 Å². The second-order valence-corrected chi connectivity index (χ2v) is 4.77. The maximum absolute atomic E-state index is 12.1. The van der Waals surface area contributed by atoms with Crippen molar-refractivity contribution in [1.82, 2.24) is 0 Å². The monoisotopic (exact) mass is 288 g/mol. The first-order valence-electron chi connectivity index (χ1n) is 6.26. The van der Waals surface area contributed by atoms with Crippen molar-refractivity contribution in [3.05, 3.63) is 46.3 Å². The first-order chi connectivity index (χ1) is 9.97. The molecular formula is C15H12O6. The summed E-state index contributed by atoms with van der Waals surface area (Å²) in [5, 5.41) is 38.3. The molecule has 0 aliphatic heterocycles. The summed E-state index contributed by atoms with van der Waals surface area (Å²) in [7, 11) is 0. The number of rotatable bonds is 1. The zero-order valence-electron chi connectivity index (χ0n) is 10.8. The summed E-state index contributed by atoms with van der Waals surface area (Å²) < 4.78 is 5.44. The molecule has 1 heterocycles. The third-order valence-electron chi connectivity index (χ3n) is 3.27. The average molecular weight is 288 g/mol. The standard InChI is InChI=1S/C15H12O6/c16-8-3-1-7(2-4-8)15-14(20)13(19)12-10(18)5-9(17)6-11(12)21-15/h1-3,5-6,8,16-18,20H,4H2. The topological polar surface area (TPSA) is 111 Å². The molecule has 0 bridgehead atoms. The molecule has 2 aromatic rings. The second-order valence-electron chi connectivity index (χ2n) is 4.77. The number of hydrogen-bond acceptors (Lipinski definition) is 6. The van der Waals surface area contributed by atoms with Gasteiger partial charge in [-0.15, -0.1) is 0 Å². The van der Waals surface area contributed by atoms with Crippen LogP contribution < -0.4 is 5.43 Å². The molecule has 1 aromatic heterocycles. The Labute approximate surface area is 118 Å². The highest BCUT2D eigenvalue weighted by Crippen LogP contribution is 2.34. The molecule has 6 heteroatoms. The fourth-order valence-electron chi connectivity index (χ4n) is 2.25. The molecule has 0 saturated carbocycles. The molecule has 1 aliphatic carbocycles. The lowest BCUT2D eigenvalue weighted by Crippen LogP contribution is -2.07. The molecule has 1 aromatic carbocycles. The molecule has 4 N–H and O–H groups in total. The van der Waals surface area contributed by atoms with Crippen molar-refractivity contribution in [2.45, 2.75) is 12.5 Å². The highest BCUT2D eigenvalue weighted by molar-refractivity contribution is 5.88. The van der Waals surface area contributed by atoms with Crippen LogP contribution in [0.4, 0.5) is 0 Å². The van der Waals surface area contributed by atoms with E-state index in [0.29, 0.717) is 12.0 Å². The van der Waals surface area contributed by atoms with Crippen LogP contribution in [-0.4, -0.2) is 26.5 Å². The number of aliphatic hydroxyl groups is 1.